The van der Waals surface area contributed by atoms with Crippen molar-refractivity contribution >= 4 is 23.1 Å². The van der Waals surface area contributed by atoms with Crippen LogP contribution in [0.1, 0.15) is 17.2 Å². The average Bonchev–Trinajstić information content (AvgIpc) is 3.04. The van der Waals surface area contributed by atoms with E-state index in [1.807, 2.05) is 0 Å². The fourth-order valence-electron chi connectivity index (χ4n) is 3.62. The lowest BCUT2D eigenvalue weighted by molar-refractivity contribution is -0.132. The molecule has 1 aliphatic rings. The van der Waals surface area contributed by atoms with Crippen molar-refractivity contribution < 1.29 is 24.5 Å². The summed E-state index contributed by atoms with van der Waals surface area (Å²) in [6.07, 6.45) is 0. The SMILES string of the molecule is COc1cccc(N2C(=O)C(=O)/C(=C(/O)c3ccccc3)C2c2cccc(O)c2)c1. The Morgan fingerprint density at radius 2 is 1.67 bits per heavy atom. The van der Waals surface area contributed by atoms with Gasteiger partial charge in [0.05, 0.1) is 18.7 Å². The van der Waals surface area contributed by atoms with Crippen LogP contribution in [0.15, 0.2) is 84.4 Å². The number of amides is 1. The van der Waals surface area contributed by atoms with Gasteiger partial charge in [-0.05, 0) is 29.8 Å². The summed E-state index contributed by atoms with van der Waals surface area (Å²) in [7, 11) is 1.51. The Morgan fingerprint density at radius 1 is 0.933 bits per heavy atom. The Kier molecular flexibility index (Phi) is 4.98. The first-order valence-electron chi connectivity index (χ1n) is 9.30. The van der Waals surface area contributed by atoms with E-state index in [9.17, 15) is 19.8 Å². The first-order chi connectivity index (χ1) is 14.5. The van der Waals surface area contributed by atoms with E-state index in [0.29, 0.717) is 22.6 Å². The largest absolute Gasteiger partial charge is 0.508 e. The van der Waals surface area contributed by atoms with Gasteiger partial charge in [0.25, 0.3) is 11.7 Å². The number of carbonyl (C=O) groups excluding carboxylic acids is 2. The maximum Gasteiger partial charge on any atom is 0.300 e. The van der Waals surface area contributed by atoms with Crippen molar-refractivity contribution in [2.45, 2.75) is 6.04 Å². The van der Waals surface area contributed by atoms with Crippen LogP contribution in [0.25, 0.3) is 5.76 Å². The summed E-state index contributed by atoms with van der Waals surface area (Å²) in [4.78, 5) is 27.4. The summed E-state index contributed by atoms with van der Waals surface area (Å²) < 4.78 is 5.26. The zero-order valence-electron chi connectivity index (χ0n) is 16.1. The number of rotatable bonds is 4. The molecule has 6 heteroatoms. The van der Waals surface area contributed by atoms with Gasteiger partial charge < -0.3 is 14.9 Å². The molecule has 1 atom stereocenters. The Bertz CT molecular complexity index is 1150. The van der Waals surface area contributed by atoms with Gasteiger partial charge in [-0.15, -0.1) is 0 Å². The van der Waals surface area contributed by atoms with E-state index in [0.717, 1.165) is 0 Å². The quantitative estimate of drug-likeness (QED) is 0.392. The maximum absolute atomic E-state index is 13.0. The number of phenols is 1. The van der Waals surface area contributed by atoms with Gasteiger partial charge in [0.15, 0.2) is 0 Å². The molecule has 1 heterocycles. The standard InChI is InChI=1S/C24H19NO5/c1-30-19-12-6-10-17(14-19)25-21(16-9-5-11-18(26)13-16)20(23(28)24(25)29)22(27)15-7-3-2-4-8-15/h2-14,21,26-27H,1H3/b22-20+. The van der Waals surface area contributed by atoms with Gasteiger partial charge >= 0.3 is 0 Å². The molecule has 30 heavy (non-hydrogen) atoms. The monoisotopic (exact) mass is 401 g/mol. The third kappa shape index (κ3) is 3.28. The summed E-state index contributed by atoms with van der Waals surface area (Å²) in [6, 6.07) is 20.7. The second kappa shape index (κ2) is 7.75. The molecule has 3 aromatic rings. The number of ether oxygens (including phenoxy) is 1. The molecule has 3 aromatic carbocycles. The number of aliphatic hydroxyl groups excluding tert-OH is 1. The molecule has 1 saturated heterocycles. The zero-order chi connectivity index (χ0) is 21.3. The van der Waals surface area contributed by atoms with Crippen molar-refractivity contribution in [3.63, 3.8) is 0 Å². The normalized spacial score (nSPS) is 17.9. The van der Waals surface area contributed by atoms with E-state index >= 15 is 0 Å². The topological polar surface area (TPSA) is 87.1 Å². The molecule has 0 bridgehead atoms. The van der Waals surface area contributed by atoms with Crippen molar-refractivity contribution in [1.29, 1.82) is 0 Å². The summed E-state index contributed by atoms with van der Waals surface area (Å²) in [5, 5.41) is 21.0. The van der Waals surface area contributed by atoms with Crippen LogP contribution < -0.4 is 9.64 Å². The van der Waals surface area contributed by atoms with Crippen LogP contribution in [-0.4, -0.2) is 29.0 Å². The molecule has 6 nitrogen and oxygen atoms in total. The summed E-state index contributed by atoms with van der Waals surface area (Å²) >= 11 is 0. The van der Waals surface area contributed by atoms with Crippen LogP contribution in [0, 0.1) is 0 Å². The highest BCUT2D eigenvalue weighted by atomic mass is 16.5. The van der Waals surface area contributed by atoms with Gasteiger partial charge in [0.1, 0.15) is 17.3 Å². The van der Waals surface area contributed by atoms with Gasteiger partial charge in [-0.2, -0.15) is 0 Å². The van der Waals surface area contributed by atoms with Crippen molar-refractivity contribution in [3.8, 4) is 11.5 Å². The van der Waals surface area contributed by atoms with Crippen molar-refractivity contribution in [2.24, 2.45) is 0 Å². The third-order valence-electron chi connectivity index (χ3n) is 5.01. The number of nitrogens with zero attached hydrogens (tertiary/aromatic N) is 1. The molecule has 0 radical (unpaired) electrons. The highest BCUT2D eigenvalue weighted by molar-refractivity contribution is 6.51. The number of aliphatic hydroxyl groups is 1. The van der Waals surface area contributed by atoms with E-state index < -0.39 is 17.7 Å². The predicted octanol–water partition coefficient (Wildman–Crippen LogP) is 4.03. The number of aromatic hydroxyl groups is 1. The van der Waals surface area contributed by atoms with Crippen molar-refractivity contribution in [3.05, 3.63) is 95.6 Å². The highest BCUT2D eigenvalue weighted by Gasteiger charge is 2.47. The van der Waals surface area contributed by atoms with Crippen LogP contribution in [0.2, 0.25) is 0 Å². The Labute approximate surface area is 173 Å². The number of Topliss-reactive ketones (excluding diaryl/α,β-unsaturated/α-hetero) is 1. The molecule has 1 amide bonds. The number of phenolic OH excluding ortho intramolecular Hbond substituents is 1. The highest BCUT2D eigenvalue weighted by Crippen LogP contribution is 2.43. The number of ketones is 1. The Hall–Kier alpha value is -4.06. The molecule has 2 N–H and O–H groups in total. The molecule has 4 rings (SSSR count). The molecule has 0 spiro atoms. The Balaban J connectivity index is 1.96. The molecule has 0 aliphatic carbocycles. The molecule has 1 unspecified atom stereocenters. The van der Waals surface area contributed by atoms with Crippen molar-refractivity contribution in [2.75, 3.05) is 12.0 Å². The van der Waals surface area contributed by atoms with Gasteiger partial charge in [-0.3, -0.25) is 14.5 Å². The minimum atomic E-state index is -0.913. The second-order valence-corrected chi connectivity index (χ2v) is 6.83. The van der Waals surface area contributed by atoms with E-state index in [1.54, 1.807) is 66.7 Å². The predicted molar refractivity (Wildman–Crippen MR) is 112 cm³/mol. The summed E-state index contributed by atoms with van der Waals surface area (Å²) in [5.74, 6) is -1.33. The van der Waals surface area contributed by atoms with Crippen LogP contribution in [-0.2, 0) is 9.59 Å². The van der Waals surface area contributed by atoms with E-state index in [1.165, 1.54) is 24.1 Å². The maximum atomic E-state index is 13.0. The van der Waals surface area contributed by atoms with Gasteiger partial charge in [-0.25, -0.2) is 0 Å². The zero-order valence-corrected chi connectivity index (χ0v) is 16.1. The smallest absolute Gasteiger partial charge is 0.300 e. The van der Waals surface area contributed by atoms with Gasteiger partial charge in [0.2, 0.25) is 0 Å². The first kappa shape index (κ1) is 19.3. The number of hydrogen-bond acceptors (Lipinski definition) is 5. The first-order valence-corrected chi connectivity index (χ1v) is 9.30. The lowest BCUT2D eigenvalue weighted by atomic mass is 9.95. The molecule has 0 aromatic heterocycles. The van der Waals surface area contributed by atoms with E-state index in [2.05, 4.69) is 0 Å². The molecule has 1 aliphatic heterocycles. The molecular formula is C24H19NO5. The van der Waals surface area contributed by atoms with Crippen LogP contribution in [0.4, 0.5) is 5.69 Å². The number of carbonyl (C=O) groups is 2. The van der Waals surface area contributed by atoms with Crippen LogP contribution in [0.3, 0.4) is 0 Å². The van der Waals surface area contributed by atoms with Gasteiger partial charge in [-0.1, -0.05) is 48.5 Å². The number of methoxy groups -OCH3 is 1. The summed E-state index contributed by atoms with van der Waals surface area (Å²) in [6.45, 7) is 0. The average molecular weight is 401 g/mol. The van der Waals surface area contributed by atoms with Crippen molar-refractivity contribution in [1.82, 2.24) is 0 Å². The van der Waals surface area contributed by atoms with E-state index in [-0.39, 0.29) is 17.1 Å². The fourth-order valence-corrected chi connectivity index (χ4v) is 3.62. The van der Waals surface area contributed by atoms with E-state index in [4.69, 9.17) is 4.74 Å². The number of hydrogen-bond donors (Lipinski definition) is 2. The molecule has 1 fully saturated rings. The lowest BCUT2D eigenvalue weighted by Gasteiger charge is -2.25. The fraction of sp³-hybridized carbons (Fsp3) is 0.0833. The number of anilines is 1. The molecular weight excluding hydrogens is 382 g/mol. The minimum Gasteiger partial charge on any atom is -0.508 e. The lowest BCUT2D eigenvalue weighted by Crippen LogP contribution is -2.29. The molecule has 150 valence electrons. The molecule has 0 saturated carbocycles. The minimum absolute atomic E-state index is 0.0107. The van der Waals surface area contributed by atoms with Gasteiger partial charge in [0, 0.05) is 17.3 Å². The third-order valence-corrected chi connectivity index (χ3v) is 5.01. The Morgan fingerprint density at radius 3 is 2.37 bits per heavy atom. The summed E-state index contributed by atoms with van der Waals surface area (Å²) in [5.41, 5.74) is 1.32. The van der Waals surface area contributed by atoms with Crippen LogP contribution >= 0.6 is 0 Å². The number of benzene rings is 3. The van der Waals surface area contributed by atoms with Crippen LogP contribution in [0.5, 0.6) is 11.5 Å². The second-order valence-electron chi connectivity index (χ2n) is 6.83.